The van der Waals surface area contributed by atoms with Gasteiger partial charge in [-0.3, -0.25) is 0 Å². The van der Waals surface area contributed by atoms with E-state index in [9.17, 15) is 4.39 Å². The summed E-state index contributed by atoms with van der Waals surface area (Å²) >= 11 is 6.87. The second kappa shape index (κ2) is 5.67. The van der Waals surface area contributed by atoms with Gasteiger partial charge in [0.1, 0.15) is 23.8 Å². The standard InChI is InChI=1S/C12H13Br2FO2/c1-2-16-12-9(14)6-11(12)17-10-5-7(15)3-4-8(10)13/h3-5,9,11-12H,2,6H2,1H3. The molecule has 1 aliphatic rings. The molecular formula is C12H13Br2FO2. The van der Waals surface area contributed by atoms with Crippen LogP contribution in [0, 0.1) is 5.82 Å². The molecule has 1 aliphatic carbocycles. The Balaban J connectivity index is 2.03. The van der Waals surface area contributed by atoms with E-state index in [1.165, 1.54) is 12.1 Å². The van der Waals surface area contributed by atoms with E-state index in [1.807, 2.05) is 6.92 Å². The zero-order chi connectivity index (χ0) is 12.4. The molecule has 0 amide bonds. The van der Waals surface area contributed by atoms with Crippen molar-refractivity contribution < 1.29 is 13.9 Å². The highest BCUT2D eigenvalue weighted by Gasteiger charge is 2.42. The van der Waals surface area contributed by atoms with Gasteiger partial charge < -0.3 is 9.47 Å². The lowest BCUT2D eigenvalue weighted by Gasteiger charge is -2.40. The van der Waals surface area contributed by atoms with E-state index >= 15 is 0 Å². The molecule has 0 N–H and O–H groups in total. The van der Waals surface area contributed by atoms with Crippen LogP contribution in [0.2, 0.25) is 0 Å². The summed E-state index contributed by atoms with van der Waals surface area (Å²) in [4.78, 5) is 0.319. The van der Waals surface area contributed by atoms with Gasteiger partial charge in [0.2, 0.25) is 0 Å². The van der Waals surface area contributed by atoms with Crippen LogP contribution in [0.3, 0.4) is 0 Å². The van der Waals surface area contributed by atoms with E-state index in [2.05, 4.69) is 31.9 Å². The summed E-state index contributed by atoms with van der Waals surface area (Å²) in [6.45, 7) is 2.60. The molecule has 2 nitrogen and oxygen atoms in total. The summed E-state index contributed by atoms with van der Waals surface area (Å²) in [6, 6.07) is 4.42. The van der Waals surface area contributed by atoms with Crippen molar-refractivity contribution in [3.63, 3.8) is 0 Å². The van der Waals surface area contributed by atoms with Gasteiger partial charge >= 0.3 is 0 Å². The minimum atomic E-state index is -0.300. The molecule has 94 valence electrons. The van der Waals surface area contributed by atoms with Crippen LogP contribution in [-0.4, -0.2) is 23.6 Å². The lowest BCUT2D eigenvalue weighted by atomic mass is 9.91. The second-order valence-electron chi connectivity index (χ2n) is 3.90. The molecule has 5 heteroatoms. The van der Waals surface area contributed by atoms with Gasteiger partial charge in [-0.05, 0) is 35.0 Å². The van der Waals surface area contributed by atoms with Gasteiger partial charge in [-0.1, -0.05) is 15.9 Å². The van der Waals surface area contributed by atoms with Gasteiger partial charge in [-0.25, -0.2) is 4.39 Å². The van der Waals surface area contributed by atoms with Crippen molar-refractivity contribution in [1.82, 2.24) is 0 Å². The summed E-state index contributed by atoms with van der Waals surface area (Å²) in [5.74, 6) is 0.227. The Labute approximate surface area is 117 Å². The smallest absolute Gasteiger partial charge is 0.136 e. The van der Waals surface area contributed by atoms with Crippen molar-refractivity contribution in [2.24, 2.45) is 0 Å². The van der Waals surface area contributed by atoms with Crippen molar-refractivity contribution >= 4 is 31.9 Å². The van der Waals surface area contributed by atoms with Crippen LogP contribution in [0.25, 0.3) is 0 Å². The molecular weight excluding hydrogens is 355 g/mol. The van der Waals surface area contributed by atoms with E-state index in [-0.39, 0.29) is 18.0 Å². The molecule has 0 heterocycles. The summed E-state index contributed by atoms with van der Waals surface area (Å²) < 4.78 is 25.2. The summed E-state index contributed by atoms with van der Waals surface area (Å²) in [5, 5.41) is 0. The van der Waals surface area contributed by atoms with Crippen LogP contribution in [0.15, 0.2) is 22.7 Å². The highest BCUT2D eigenvalue weighted by Crippen LogP contribution is 2.36. The first-order valence-corrected chi connectivity index (χ1v) is 7.20. The van der Waals surface area contributed by atoms with Crippen LogP contribution in [0.5, 0.6) is 5.75 Å². The van der Waals surface area contributed by atoms with Crippen LogP contribution >= 0.6 is 31.9 Å². The molecule has 0 radical (unpaired) electrons. The van der Waals surface area contributed by atoms with E-state index in [0.717, 1.165) is 10.9 Å². The quantitative estimate of drug-likeness (QED) is 0.751. The number of halogens is 3. The molecule has 0 aliphatic heterocycles. The highest BCUT2D eigenvalue weighted by atomic mass is 79.9. The molecule has 1 saturated carbocycles. The van der Waals surface area contributed by atoms with Crippen molar-refractivity contribution in [1.29, 1.82) is 0 Å². The second-order valence-corrected chi connectivity index (χ2v) is 5.93. The van der Waals surface area contributed by atoms with Gasteiger partial charge in [-0.15, -0.1) is 0 Å². The molecule has 1 fully saturated rings. The summed E-state index contributed by atoms with van der Waals surface area (Å²) in [6.07, 6.45) is 0.890. The van der Waals surface area contributed by atoms with Crippen molar-refractivity contribution in [2.45, 2.75) is 30.4 Å². The third-order valence-electron chi connectivity index (χ3n) is 2.71. The number of ether oxygens (including phenoxy) is 2. The number of hydrogen-bond acceptors (Lipinski definition) is 2. The van der Waals surface area contributed by atoms with Gasteiger partial charge in [0.05, 0.1) is 4.47 Å². The highest BCUT2D eigenvalue weighted by molar-refractivity contribution is 9.10. The van der Waals surface area contributed by atoms with Crippen LogP contribution < -0.4 is 4.74 Å². The van der Waals surface area contributed by atoms with Crippen LogP contribution in [0.4, 0.5) is 4.39 Å². The maximum Gasteiger partial charge on any atom is 0.136 e. The van der Waals surface area contributed by atoms with Gasteiger partial charge in [0.25, 0.3) is 0 Å². The molecule has 1 aromatic rings. The predicted molar refractivity (Wildman–Crippen MR) is 71.3 cm³/mol. The predicted octanol–water partition coefficient (Wildman–Crippen LogP) is 3.91. The fraction of sp³-hybridized carbons (Fsp3) is 0.500. The number of alkyl halides is 1. The minimum Gasteiger partial charge on any atom is -0.486 e. The van der Waals surface area contributed by atoms with E-state index in [4.69, 9.17) is 9.47 Å². The fourth-order valence-corrected chi connectivity index (χ4v) is 2.98. The number of benzene rings is 1. The Morgan fingerprint density at radius 1 is 1.47 bits per heavy atom. The zero-order valence-corrected chi connectivity index (χ0v) is 12.5. The van der Waals surface area contributed by atoms with Crippen LogP contribution in [0.1, 0.15) is 13.3 Å². The zero-order valence-electron chi connectivity index (χ0n) is 9.33. The average Bonchev–Trinajstić information content (AvgIpc) is 2.30. The molecule has 0 spiro atoms. The Hall–Kier alpha value is -0.130. The molecule has 3 unspecified atom stereocenters. The number of rotatable bonds is 4. The normalized spacial score (nSPS) is 27.6. The third-order valence-corrected chi connectivity index (χ3v) is 4.26. The van der Waals surface area contributed by atoms with Crippen molar-refractivity contribution in [3.8, 4) is 5.75 Å². The maximum absolute atomic E-state index is 13.1. The van der Waals surface area contributed by atoms with E-state index < -0.39 is 0 Å². The molecule has 1 aromatic carbocycles. The first kappa shape index (κ1) is 13.3. The van der Waals surface area contributed by atoms with E-state index in [1.54, 1.807) is 6.07 Å². The molecule has 17 heavy (non-hydrogen) atoms. The van der Waals surface area contributed by atoms with Crippen molar-refractivity contribution in [2.75, 3.05) is 6.61 Å². The summed E-state index contributed by atoms with van der Waals surface area (Å²) in [5.41, 5.74) is 0. The van der Waals surface area contributed by atoms with Gasteiger partial charge in [0, 0.05) is 23.9 Å². The first-order chi connectivity index (χ1) is 8.11. The lowest BCUT2D eigenvalue weighted by Crippen LogP contribution is -2.52. The average molecular weight is 368 g/mol. The van der Waals surface area contributed by atoms with Gasteiger partial charge in [-0.2, -0.15) is 0 Å². The summed E-state index contributed by atoms with van der Waals surface area (Å²) in [7, 11) is 0. The molecule has 3 atom stereocenters. The Kier molecular flexibility index (Phi) is 4.44. The Morgan fingerprint density at radius 2 is 2.24 bits per heavy atom. The number of hydrogen-bond donors (Lipinski definition) is 0. The Bertz CT molecular complexity index is 400. The maximum atomic E-state index is 13.1. The molecule has 2 rings (SSSR count). The molecule has 0 saturated heterocycles. The topological polar surface area (TPSA) is 18.5 Å². The SMILES string of the molecule is CCOC1C(Br)CC1Oc1cc(F)ccc1Br. The molecule has 0 bridgehead atoms. The third kappa shape index (κ3) is 3.01. The van der Waals surface area contributed by atoms with Crippen molar-refractivity contribution in [3.05, 3.63) is 28.5 Å². The Morgan fingerprint density at radius 3 is 2.88 bits per heavy atom. The monoisotopic (exact) mass is 366 g/mol. The van der Waals surface area contributed by atoms with Crippen LogP contribution in [-0.2, 0) is 4.74 Å². The minimum absolute atomic E-state index is 0.0163. The molecule has 0 aromatic heterocycles. The first-order valence-electron chi connectivity index (χ1n) is 5.49. The lowest BCUT2D eigenvalue weighted by molar-refractivity contribution is -0.0726. The fourth-order valence-electron chi connectivity index (χ4n) is 1.78. The van der Waals surface area contributed by atoms with Gasteiger partial charge in [0.15, 0.2) is 0 Å². The largest absolute Gasteiger partial charge is 0.486 e. The van der Waals surface area contributed by atoms with E-state index in [0.29, 0.717) is 17.2 Å².